The van der Waals surface area contributed by atoms with Crippen LogP contribution in [0.1, 0.15) is 11.8 Å². The maximum atomic E-state index is 5.91. The summed E-state index contributed by atoms with van der Waals surface area (Å²) in [5.41, 5.74) is 7.46. The summed E-state index contributed by atoms with van der Waals surface area (Å²) in [5, 5.41) is 3.87. The van der Waals surface area contributed by atoms with Crippen LogP contribution in [0.4, 0.5) is 5.82 Å². The second-order valence-electron chi connectivity index (χ2n) is 4.11. The molecule has 0 aliphatic heterocycles. The topological polar surface area (TPSA) is 64.9 Å². The molecule has 19 heavy (non-hydrogen) atoms. The fourth-order valence-corrected chi connectivity index (χ4v) is 2.85. The molecule has 3 heterocycles. The van der Waals surface area contributed by atoms with Gasteiger partial charge in [-0.2, -0.15) is 0 Å². The van der Waals surface area contributed by atoms with Gasteiger partial charge in [-0.25, -0.2) is 0 Å². The summed E-state index contributed by atoms with van der Waals surface area (Å²) >= 11 is 1.69. The molecule has 0 atom stereocenters. The van der Waals surface area contributed by atoms with Crippen molar-refractivity contribution < 1.29 is 4.52 Å². The molecule has 5 heteroatoms. The van der Waals surface area contributed by atoms with E-state index in [-0.39, 0.29) is 0 Å². The number of hydrogen-bond acceptors (Lipinski definition) is 5. The van der Waals surface area contributed by atoms with Gasteiger partial charge in [0.15, 0.2) is 11.6 Å². The van der Waals surface area contributed by atoms with Crippen LogP contribution in [-0.4, -0.2) is 10.1 Å². The lowest BCUT2D eigenvalue weighted by atomic mass is 10.1. The molecule has 0 aromatic carbocycles. The molecule has 0 radical (unpaired) electrons. The molecule has 0 bridgehead atoms. The van der Waals surface area contributed by atoms with Crippen molar-refractivity contribution in [2.24, 2.45) is 0 Å². The van der Waals surface area contributed by atoms with E-state index in [0.29, 0.717) is 11.6 Å². The molecule has 3 rings (SSSR count). The fourth-order valence-electron chi connectivity index (χ4n) is 1.92. The molecule has 2 N–H and O–H groups in total. The summed E-state index contributed by atoms with van der Waals surface area (Å²) in [4.78, 5) is 6.65. The first-order chi connectivity index (χ1) is 9.29. The van der Waals surface area contributed by atoms with E-state index in [0.717, 1.165) is 22.6 Å². The molecule has 0 unspecified atom stereocenters. The smallest absolute Gasteiger partial charge is 0.188 e. The van der Waals surface area contributed by atoms with E-state index >= 15 is 0 Å². The quantitative estimate of drug-likeness (QED) is 0.790. The Morgan fingerprint density at radius 1 is 1.26 bits per heavy atom. The fraction of sp³-hybridized carbons (Fsp3) is 0.143. The first kappa shape index (κ1) is 11.9. The molecule has 0 aliphatic carbocycles. The lowest BCUT2D eigenvalue weighted by Crippen LogP contribution is -1.90. The summed E-state index contributed by atoms with van der Waals surface area (Å²) in [5.74, 6) is 1.07. The summed E-state index contributed by atoms with van der Waals surface area (Å²) in [6.45, 7) is 2.13. The van der Waals surface area contributed by atoms with Gasteiger partial charge in [0.2, 0.25) is 0 Å². The first-order valence-electron chi connectivity index (χ1n) is 6.05. The lowest BCUT2D eigenvalue weighted by molar-refractivity contribution is 0.437. The number of pyridine rings is 1. The largest absolute Gasteiger partial charge is 0.380 e. The molecular weight excluding hydrogens is 258 g/mol. The van der Waals surface area contributed by atoms with Gasteiger partial charge in [-0.1, -0.05) is 18.1 Å². The van der Waals surface area contributed by atoms with Gasteiger partial charge in [0.1, 0.15) is 0 Å². The number of thiophene rings is 1. The Bertz CT molecular complexity index is 688. The highest BCUT2D eigenvalue weighted by Crippen LogP contribution is 2.38. The van der Waals surface area contributed by atoms with E-state index in [2.05, 4.69) is 23.1 Å². The van der Waals surface area contributed by atoms with Crippen molar-refractivity contribution >= 4 is 17.2 Å². The standard InChI is InChI=1S/C14H13N3OS/c1-2-9-6-7-11(19-9)13-12(14(15)17-18-13)10-5-3-4-8-16-10/h3-8H,2H2,1H3,(H2,15,17). The number of aryl methyl sites for hydroxylation is 1. The van der Waals surface area contributed by atoms with Crippen LogP contribution >= 0.6 is 11.3 Å². The molecule has 0 saturated heterocycles. The van der Waals surface area contributed by atoms with Gasteiger partial charge in [0.25, 0.3) is 0 Å². The van der Waals surface area contributed by atoms with Crippen LogP contribution < -0.4 is 5.73 Å². The van der Waals surface area contributed by atoms with Crippen LogP contribution in [0.2, 0.25) is 0 Å². The van der Waals surface area contributed by atoms with Crippen molar-refractivity contribution in [1.29, 1.82) is 0 Å². The van der Waals surface area contributed by atoms with Crippen molar-refractivity contribution in [3.8, 4) is 21.9 Å². The third kappa shape index (κ3) is 2.13. The van der Waals surface area contributed by atoms with E-state index in [1.165, 1.54) is 4.88 Å². The van der Waals surface area contributed by atoms with E-state index in [1.54, 1.807) is 17.5 Å². The Hall–Kier alpha value is -2.14. The molecule has 0 fully saturated rings. The van der Waals surface area contributed by atoms with Gasteiger partial charge < -0.3 is 10.3 Å². The molecule has 4 nitrogen and oxygen atoms in total. The van der Waals surface area contributed by atoms with Crippen LogP contribution in [0.3, 0.4) is 0 Å². The first-order valence-corrected chi connectivity index (χ1v) is 6.87. The Morgan fingerprint density at radius 3 is 2.84 bits per heavy atom. The number of nitrogen functional groups attached to an aromatic ring is 1. The molecular formula is C14H13N3OS. The van der Waals surface area contributed by atoms with Crippen molar-refractivity contribution in [1.82, 2.24) is 10.1 Å². The van der Waals surface area contributed by atoms with Gasteiger partial charge in [-0.05, 0) is 30.7 Å². The SMILES string of the molecule is CCc1ccc(-c2onc(N)c2-c2ccccn2)s1. The maximum Gasteiger partial charge on any atom is 0.188 e. The highest BCUT2D eigenvalue weighted by atomic mass is 32.1. The minimum atomic E-state index is 0.375. The van der Waals surface area contributed by atoms with Crippen molar-refractivity contribution in [2.45, 2.75) is 13.3 Å². The monoisotopic (exact) mass is 271 g/mol. The molecule has 96 valence electrons. The van der Waals surface area contributed by atoms with Crippen molar-refractivity contribution in [2.75, 3.05) is 5.73 Å². The summed E-state index contributed by atoms with van der Waals surface area (Å²) in [7, 11) is 0. The number of nitrogens with zero attached hydrogens (tertiary/aromatic N) is 2. The average Bonchev–Trinajstić information content (AvgIpc) is 3.05. The Kier molecular flexibility index (Phi) is 3.05. The van der Waals surface area contributed by atoms with E-state index < -0.39 is 0 Å². The van der Waals surface area contributed by atoms with E-state index in [1.807, 2.05) is 24.3 Å². The minimum Gasteiger partial charge on any atom is -0.380 e. The van der Waals surface area contributed by atoms with Crippen molar-refractivity contribution in [3.63, 3.8) is 0 Å². The highest BCUT2D eigenvalue weighted by molar-refractivity contribution is 7.15. The third-order valence-electron chi connectivity index (χ3n) is 2.87. The predicted octanol–water partition coefficient (Wildman–Crippen LogP) is 3.61. The number of aromatic nitrogens is 2. The van der Waals surface area contributed by atoms with Gasteiger partial charge in [-0.3, -0.25) is 4.98 Å². The number of nitrogens with two attached hydrogens (primary N) is 1. The summed E-state index contributed by atoms with van der Waals surface area (Å²) < 4.78 is 5.39. The third-order valence-corrected chi connectivity index (χ3v) is 4.10. The second kappa shape index (κ2) is 4.85. The predicted molar refractivity (Wildman–Crippen MR) is 76.8 cm³/mol. The zero-order valence-corrected chi connectivity index (χ0v) is 11.3. The second-order valence-corrected chi connectivity index (χ2v) is 5.27. The van der Waals surface area contributed by atoms with Crippen LogP contribution in [0.5, 0.6) is 0 Å². The van der Waals surface area contributed by atoms with Crippen LogP contribution in [0, 0.1) is 0 Å². The highest BCUT2D eigenvalue weighted by Gasteiger charge is 2.19. The minimum absolute atomic E-state index is 0.375. The molecule has 3 aromatic rings. The molecule has 0 aliphatic rings. The van der Waals surface area contributed by atoms with Gasteiger partial charge in [0.05, 0.1) is 16.1 Å². The van der Waals surface area contributed by atoms with Gasteiger partial charge in [0, 0.05) is 11.1 Å². The van der Waals surface area contributed by atoms with Gasteiger partial charge in [-0.15, -0.1) is 11.3 Å². The summed E-state index contributed by atoms with van der Waals surface area (Å²) in [6, 6.07) is 9.83. The zero-order chi connectivity index (χ0) is 13.2. The average molecular weight is 271 g/mol. The molecule has 0 amide bonds. The maximum absolute atomic E-state index is 5.91. The Labute approximate surface area is 114 Å². The van der Waals surface area contributed by atoms with E-state index in [4.69, 9.17) is 10.3 Å². The Balaban J connectivity index is 2.13. The number of rotatable bonds is 3. The molecule has 3 aromatic heterocycles. The molecule has 0 spiro atoms. The summed E-state index contributed by atoms with van der Waals surface area (Å²) in [6.07, 6.45) is 2.74. The normalized spacial score (nSPS) is 10.8. The van der Waals surface area contributed by atoms with Gasteiger partial charge >= 0.3 is 0 Å². The van der Waals surface area contributed by atoms with Crippen LogP contribution in [0.15, 0.2) is 41.1 Å². The van der Waals surface area contributed by atoms with Crippen LogP contribution in [0.25, 0.3) is 21.9 Å². The number of hydrogen-bond donors (Lipinski definition) is 1. The van der Waals surface area contributed by atoms with E-state index in [9.17, 15) is 0 Å². The molecule has 0 saturated carbocycles. The number of anilines is 1. The zero-order valence-electron chi connectivity index (χ0n) is 10.5. The van der Waals surface area contributed by atoms with Crippen molar-refractivity contribution in [3.05, 3.63) is 41.4 Å². The van der Waals surface area contributed by atoms with Crippen LogP contribution in [-0.2, 0) is 6.42 Å². The Morgan fingerprint density at radius 2 is 2.16 bits per heavy atom. The lowest BCUT2D eigenvalue weighted by Gasteiger charge is -1.99.